The molecule has 7 rings (SSSR count). The number of esters is 1. The molecule has 59 heavy (non-hydrogen) atoms. The fourth-order valence-corrected chi connectivity index (χ4v) is 13.8. The predicted octanol–water partition coefficient (Wildman–Crippen LogP) is -0.677. The molecule has 0 radical (unpaired) electrons. The van der Waals surface area contributed by atoms with Crippen LogP contribution in [-0.4, -0.2) is 161 Å². The first kappa shape index (κ1) is 45.2. The van der Waals surface area contributed by atoms with Gasteiger partial charge in [0.05, 0.1) is 35.7 Å². The number of ether oxygens (including phenoxy) is 4. The predicted molar refractivity (Wildman–Crippen MR) is 202 cm³/mol. The number of carbonyl (C=O) groups is 2. The summed E-state index contributed by atoms with van der Waals surface area (Å²) in [6.07, 6.45) is -13.9. The fraction of sp³-hybridized carbons (Fsp3) is 0.905. The number of aliphatic hydroxyl groups is 10. The van der Waals surface area contributed by atoms with E-state index in [2.05, 4.69) is 19.9 Å². The molecule has 5 aliphatic carbocycles. The van der Waals surface area contributed by atoms with Crippen LogP contribution in [0.3, 0.4) is 0 Å². The average molecular weight is 843 g/mol. The Bertz CT molecular complexity index is 1650. The first-order chi connectivity index (χ1) is 27.4. The topological polar surface area (TPSA) is 294 Å². The molecule has 17 nitrogen and oxygen atoms in total. The Labute approximate surface area is 343 Å². The van der Waals surface area contributed by atoms with E-state index in [0.717, 1.165) is 5.57 Å². The van der Waals surface area contributed by atoms with Gasteiger partial charge in [0.2, 0.25) is 6.29 Å². The van der Waals surface area contributed by atoms with Crippen molar-refractivity contribution in [2.45, 2.75) is 172 Å². The molecule has 2 saturated heterocycles. The molecule has 6 fully saturated rings. The molecule has 4 saturated carbocycles. The number of hydrogen-bond acceptors (Lipinski definition) is 16. The number of rotatable bonds is 7. The van der Waals surface area contributed by atoms with Crippen molar-refractivity contribution in [3.05, 3.63) is 11.6 Å². The summed E-state index contributed by atoms with van der Waals surface area (Å²) in [5.41, 5.74) is -5.44. The third kappa shape index (κ3) is 6.26. The summed E-state index contributed by atoms with van der Waals surface area (Å²) in [7, 11) is 0. The van der Waals surface area contributed by atoms with Gasteiger partial charge < -0.3 is 75.1 Å². The van der Waals surface area contributed by atoms with Gasteiger partial charge in [-0.1, -0.05) is 39.3 Å². The normalized spacial score (nSPS) is 56.0. The molecule has 7 aliphatic rings. The number of aliphatic carboxylic acids is 1. The lowest BCUT2D eigenvalue weighted by molar-refractivity contribution is -0.340. The molecule has 0 aromatic carbocycles. The molecular weight excluding hydrogens is 776 g/mol. The van der Waals surface area contributed by atoms with Crippen LogP contribution in [0.1, 0.15) is 92.9 Å². The molecule has 0 aromatic rings. The molecule has 17 heteroatoms. The Morgan fingerprint density at radius 3 is 1.92 bits per heavy atom. The van der Waals surface area contributed by atoms with Crippen molar-refractivity contribution in [3.63, 3.8) is 0 Å². The van der Waals surface area contributed by atoms with Crippen LogP contribution in [0.25, 0.3) is 0 Å². The summed E-state index contributed by atoms with van der Waals surface area (Å²) in [6.45, 7) is 10.2. The van der Waals surface area contributed by atoms with Crippen LogP contribution in [0.2, 0.25) is 0 Å². The Morgan fingerprint density at radius 2 is 1.34 bits per heavy atom. The van der Waals surface area contributed by atoms with E-state index in [1.165, 1.54) is 6.92 Å². The highest BCUT2D eigenvalue weighted by atomic mass is 16.7. The maximum absolute atomic E-state index is 14.6. The second-order valence-electron chi connectivity index (χ2n) is 20.3. The molecule has 0 aromatic heterocycles. The molecule has 336 valence electrons. The number of carbonyl (C=O) groups excluding carboxylic acids is 1. The highest BCUT2D eigenvalue weighted by Crippen LogP contribution is 2.76. The minimum absolute atomic E-state index is 0.121. The van der Waals surface area contributed by atoms with Crippen molar-refractivity contribution in [2.24, 2.45) is 50.7 Å². The molecule has 0 bridgehead atoms. The lowest BCUT2D eigenvalue weighted by Gasteiger charge is -2.72. The maximum Gasteiger partial charge on any atom is 0.315 e. The zero-order chi connectivity index (χ0) is 43.6. The van der Waals surface area contributed by atoms with E-state index in [1.54, 1.807) is 6.92 Å². The maximum atomic E-state index is 14.6. The zero-order valence-electron chi connectivity index (χ0n) is 34.8. The first-order valence-corrected chi connectivity index (χ1v) is 21.2. The third-order valence-electron chi connectivity index (χ3n) is 17.7. The SMILES string of the molecule is C[C@@H]1CC[C@]2(C(=O)O[C@@H]3O[C@H](CO)[C@@H](O)[C@H](O)[C@H]3O)CC[C@]3(C)C(=CC[C@@H]4[C@@]5(C)C[C@@H](O)[C@H](O[C@@H]6O[C@H](CO)[C@@H](O)[C@H](O)[C@H]6O)[C@@](C)(C(=O)O)[C@@H]5CC[C@]43C)[C@@H]2[C@]1(C)O. The van der Waals surface area contributed by atoms with Crippen LogP contribution >= 0.6 is 0 Å². The van der Waals surface area contributed by atoms with Crippen LogP contribution < -0.4 is 0 Å². The number of allylic oxidation sites excluding steroid dienone is 1. The standard InChI is InChI=1S/C42H66O17/c1-18-9-12-42(36(54)59-34-30(51)28(49)26(47)22(17-44)57-34)14-13-38(3)19(31(42)41(18,6)55)7-8-23-37(2)15-20(45)32(40(5,35(52)53)24(37)10-11-39(23,38)4)58-33-29(50)27(48)25(46)21(16-43)56-33/h7,18,20-34,43-51,55H,8-17H2,1-6H3,(H,52,53)/t18-,20-,21-,22-,23-,24-,25-,26-,27+,28+,29-,30-,31-,32+,33+,34+,37-,38-,39-,40+,41-,42+/m1/s1. The summed E-state index contributed by atoms with van der Waals surface area (Å²) in [5.74, 6) is -3.66. The van der Waals surface area contributed by atoms with Crippen LogP contribution in [0.4, 0.5) is 0 Å². The Kier molecular flexibility index (Phi) is 11.6. The summed E-state index contributed by atoms with van der Waals surface area (Å²) in [4.78, 5) is 28.2. The molecule has 2 heterocycles. The number of aliphatic hydroxyl groups excluding tert-OH is 9. The van der Waals surface area contributed by atoms with Gasteiger partial charge in [0.1, 0.15) is 54.9 Å². The van der Waals surface area contributed by atoms with Crippen molar-refractivity contribution in [3.8, 4) is 0 Å². The zero-order valence-corrected chi connectivity index (χ0v) is 34.8. The van der Waals surface area contributed by atoms with E-state index >= 15 is 0 Å². The molecular formula is C42H66O17. The van der Waals surface area contributed by atoms with Crippen molar-refractivity contribution in [1.82, 2.24) is 0 Å². The van der Waals surface area contributed by atoms with E-state index < -0.39 is 143 Å². The van der Waals surface area contributed by atoms with Crippen LogP contribution in [0, 0.1) is 50.7 Å². The minimum atomic E-state index is -1.80. The van der Waals surface area contributed by atoms with Crippen molar-refractivity contribution < 1.29 is 84.7 Å². The largest absolute Gasteiger partial charge is 0.481 e. The van der Waals surface area contributed by atoms with Gasteiger partial charge in [0.25, 0.3) is 0 Å². The van der Waals surface area contributed by atoms with Crippen LogP contribution in [0.15, 0.2) is 11.6 Å². The summed E-state index contributed by atoms with van der Waals surface area (Å²) in [6, 6.07) is 0. The molecule has 0 spiro atoms. The third-order valence-corrected chi connectivity index (χ3v) is 17.7. The second-order valence-corrected chi connectivity index (χ2v) is 20.3. The number of fused-ring (bicyclic) bond motifs is 7. The highest BCUT2D eigenvalue weighted by Gasteiger charge is 2.74. The lowest BCUT2D eigenvalue weighted by Crippen LogP contribution is -2.71. The second kappa shape index (κ2) is 15.2. The minimum Gasteiger partial charge on any atom is -0.481 e. The first-order valence-electron chi connectivity index (χ1n) is 21.2. The lowest BCUT2D eigenvalue weighted by atomic mass is 9.33. The van der Waals surface area contributed by atoms with Gasteiger partial charge in [-0.3, -0.25) is 9.59 Å². The van der Waals surface area contributed by atoms with Crippen LogP contribution in [0.5, 0.6) is 0 Å². The van der Waals surface area contributed by atoms with Gasteiger partial charge in [0.15, 0.2) is 6.29 Å². The van der Waals surface area contributed by atoms with Gasteiger partial charge >= 0.3 is 11.9 Å². The Morgan fingerprint density at radius 1 is 0.763 bits per heavy atom. The van der Waals surface area contributed by atoms with Crippen LogP contribution in [-0.2, 0) is 28.5 Å². The van der Waals surface area contributed by atoms with Gasteiger partial charge in [-0.05, 0) is 99.2 Å². The van der Waals surface area contributed by atoms with E-state index in [-0.39, 0.29) is 24.7 Å². The molecule has 0 amide bonds. The monoisotopic (exact) mass is 842 g/mol. The van der Waals surface area contributed by atoms with Gasteiger partial charge in [-0.15, -0.1) is 0 Å². The van der Waals surface area contributed by atoms with Crippen molar-refractivity contribution in [1.29, 1.82) is 0 Å². The Balaban J connectivity index is 1.23. The van der Waals surface area contributed by atoms with Gasteiger partial charge in [-0.2, -0.15) is 0 Å². The van der Waals surface area contributed by atoms with Gasteiger partial charge in [-0.25, -0.2) is 0 Å². The summed E-state index contributed by atoms with van der Waals surface area (Å²) < 4.78 is 23.2. The molecule has 22 atom stereocenters. The highest BCUT2D eigenvalue weighted by molar-refractivity contribution is 5.79. The number of hydrogen-bond donors (Lipinski definition) is 11. The Hall–Kier alpha value is -1.84. The van der Waals surface area contributed by atoms with E-state index in [4.69, 9.17) is 18.9 Å². The fourth-order valence-electron chi connectivity index (χ4n) is 13.8. The average Bonchev–Trinajstić information content (AvgIpc) is 3.17. The molecule has 11 N–H and O–H groups in total. The summed E-state index contributed by atoms with van der Waals surface area (Å²) in [5, 5.41) is 118. The van der Waals surface area contributed by atoms with E-state index in [0.29, 0.717) is 38.5 Å². The smallest absolute Gasteiger partial charge is 0.315 e. The summed E-state index contributed by atoms with van der Waals surface area (Å²) >= 11 is 0. The molecule has 0 unspecified atom stereocenters. The van der Waals surface area contributed by atoms with Crippen molar-refractivity contribution >= 4 is 11.9 Å². The van der Waals surface area contributed by atoms with Gasteiger partial charge in [0, 0.05) is 5.92 Å². The molecule has 2 aliphatic heterocycles. The van der Waals surface area contributed by atoms with E-state index in [9.17, 15) is 65.8 Å². The number of carboxylic acid groups (broad SMARTS) is 1. The quantitative estimate of drug-likeness (QED) is 0.0860. The van der Waals surface area contributed by atoms with E-state index in [1.807, 2.05) is 13.8 Å². The van der Waals surface area contributed by atoms with Crippen molar-refractivity contribution in [2.75, 3.05) is 13.2 Å². The number of carboxylic acids is 1.